The molecule has 1 aliphatic heterocycles. The zero-order valence-electron chi connectivity index (χ0n) is 51.1. The van der Waals surface area contributed by atoms with Gasteiger partial charge < -0.3 is 44.5 Å². The highest BCUT2D eigenvalue weighted by atomic mass is 16.6. The lowest BCUT2D eigenvalue weighted by atomic mass is 9.96. The molecule has 18 heteroatoms. The van der Waals surface area contributed by atoms with Gasteiger partial charge in [0.2, 0.25) is 0 Å². The van der Waals surface area contributed by atoms with E-state index in [0.717, 1.165) is 92.8 Å². The molecule has 0 aliphatic carbocycles. The monoisotopic (exact) mass is 1210 g/mol. The molecule has 0 radical (unpaired) electrons. The number of carbonyl (C=O) groups is 4. The molecular formula is C71H79N7O11. The van der Waals surface area contributed by atoms with Gasteiger partial charge in [0.1, 0.15) is 37.0 Å². The Morgan fingerprint density at radius 3 is 1.33 bits per heavy atom. The number of aromatic nitrogens is 4. The number of hydrogen-bond acceptors (Lipinski definition) is 15. The fourth-order valence-electron chi connectivity index (χ4n) is 9.73. The minimum atomic E-state index is -1.14. The summed E-state index contributed by atoms with van der Waals surface area (Å²) in [6.45, 7) is 11.1. The molecule has 1 unspecified atom stereocenters. The fraction of sp³-hybridized carbons (Fsp3) is 0.324. The number of hydrogen-bond donors (Lipinski definition) is 4. The number of nitrogens with one attached hydrogen (secondary N) is 2. The van der Waals surface area contributed by atoms with E-state index in [-0.39, 0.29) is 31.5 Å². The Morgan fingerprint density at radius 2 is 0.921 bits per heavy atom. The predicted molar refractivity (Wildman–Crippen MR) is 340 cm³/mol. The van der Waals surface area contributed by atoms with Gasteiger partial charge in [0.05, 0.1) is 32.3 Å². The molecule has 9 rings (SSSR count). The Kier molecular flexibility index (Phi) is 24.7. The van der Waals surface area contributed by atoms with Crippen LogP contribution in [0.1, 0.15) is 75.6 Å². The number of alkyl carbamates (subject to hydrolysis) is 2. The lowest BCUT2D eigenvalue weighted by Crippen LogP contribution is -2.61. The standard InChI is InChI=1S/C38H44N4O6.C33H35N3O5/c1-26(2)8-7-19-47-33-17-15-29(16-18-33)31-21-39-35(40-22-31)30-13-11-27(12-14-30)20-34(36(43)42-23-32(24-42)37(44)46-3)41-38(45)48-25-28-9-5-4-6-10-28;1-23(2)7-6-18-40-29-16-14-26(15-17-29)28-20-34-31(35-21-28)27-12-10-24(11-13-27)19-30(32(37)38)36-33(39)41-22-25-8-4-3-5-9-25/h4-6,9-18,21-22,26,32,34,36,43H,7-8,19-20,23-25H2,1-3H3,(H,41,45);3-5,8-17,20-21,23,30H,6-7,18-19,22H2,1-2H3,(H,36,39)(H,37,38)/t34-,36?;30-/m00/s1. The summed E-state index contributed by atoms with van der Waals surface area (Å²) in [6.07, 6.45) is 9.53. The van der Waals surface area contributed by atoms with Gasteiger partial charge in [0.15, 0.2) is 11.6 Å². The Bertz CT molecular complexity index is 3440. The molecule has 4 N–H and O–H groups in total. The van der Waals surface area contributed by atoms with E-state index in [1.807, 2.05) is 146 Å². The average molecular weight is 1210 g/mol. The molecule has 0 spiro atoms. The van der Waals surface area contributed by atoms with Crippen LogP contribution < -0.4 is 20.1 Å². The van der Waals surface area contributed by atoms with Crippen LogP contribution >= 0.6 is 0 Å². The number of nitrogens with zero attached hydrogens (tertiary/aromatic N) is 5. The van der Waals surface area contributed by atoms with Crippen LogP contribution in [0.5, 0.6) is 11.5 Å². The topological polar surface area (TPSA) is 234 Å². The number of methoxy groups -OCH3 is 1. The van der Waals surface area contributed by atoms with Crippen LogP contribution in [0, 0.1) is 17.8 Å². The van der Waals surface area contributed by atoms with Crippen molar-refractivity contribution in [1.82, 2.24) is 35.5 Å². The van der Waals surface area contributed by atoms with E-state index in [0.29, 0.717) is 56.2 Å². The molecule has 89 heavy (non-hydrogen) atoms. The van der Waals surface area contributed by atoms with E-state index in [4.69, 9.17) is 23.7 Å². The van der Waals surface area contributed by atoms with E-state index >= 15 is 0 Å². The molecule has 464 valence electrons. The Morgan fingerprint density at radius 1 is 0.517 bits per heavy atom. The molecule has 2 amide bonds. The third-order valence-electron chi connectivity index (χ3n) is 14.9. The summed E-state index contributed by atoms with van der Waals surface area (Å²) in [5, 5.41) is 26.1. The third-order valence-corrected chi connectivity index (χ3v) is 14.9. The maximum absolute atomic E-state index is 12.8. The summed E-state index contributed by atoms with van der Waals surface area (Å²) in [7, 11) is 1.35. The number of aliphatic hydroxyl groups excluding tert-OH is 1. The first-order valence-electron chi connectivity index (χ1n) is 30.1. The first kappa shape index (κ1) is 65.5. The molecular weight excluding hydrogens is 1130 g/mol. The van der Waals surface area contributed by atoms with Gasteiger partial charge in [-0.15, -0.1) is 0 Å². The van der Waals surface area contributed by atoms with Crippen LogP contribution in [0.2, 0.25) is 0 Å². The van der Waals surface area contributed by atoms with E-state index in [9.17, 15) is 29.4 Å². The second kappa shape index (κ2) is 33.6. The van der Waals surface area contributed by atoms with Crippen molar-refractivity contribution in [3.05, 3.63) is 205 Å². The zero-order valence-corrected chi connectivity index (χ0v) is 51.1. The number of carbonyl (C=O) groups excluding carboxylic acids is 3. The molecule has 3 atom stereocenters. The second-order valence-electron chi connectivity index (χ2n) is 22.7. The van der Waals surface area contributed by atoms with Gasteiger partial charge >= 0.3 is 24.1 Å². The number of rotatable bonds is 28. The Hall–Kier alpha value is -9.52. The number of amides is 2. The quantitative estimate of drug-likeness (QED) is 0.0203. The van der Waals surface area contributed by atoms with Crippen molar-refractivity contribution in [3.63, 3.8) is 0 Å². The maximum atomic E-state index is 12.8. The highest BCUT2D eigenvalue weighted by molar-refractivity contribution is 5.80. The summed E-state index contributed by atoms with van der Waals surface area (Å²) < 4.78 is 27.1. The van der Waals surface area contributed by atoms with E-state index in [1.54, 1.807) is 41.8 Å². The first-order chi connectivity index (χ1) is 43.2. The number of ether oxygens (including phenoxy) is 5. The molecule has 1 aliphatic rings. The smallest absolute Gasteiger partial charge is 0.408 e. The van der Waals surface area contributed by atoms with E-state index in [1.165, 1.54) is 7.11 Å². The van der Waals surface area contributed by atoms with Crippen LogP contribution in [0.15, 0.2) is 183 Å². The lowest BCUT2D eigenvalue weighted by Gasteiger charge is -2.43. The number of benzene rings is 6. The van der Waals surface area contributed by atoms with Crippen molar-refractivity contribution in [1.29, 1.82) is 0 Å². The summed E-state index contributed by atoms with van der Waals surface area (Å²) in [5.41, 5.74) is 8.74. The number of carboxylic acid groups (broad SMARTS) is 1. The lowest BCUT2D eigenvalue weighted by molar-refractivity contribution is -0.159. The summed E-state index contributed by atoms with van der Waals surface area (Å²) >= 11 is 0. The SMILES string of the molecule is CC(C)CCCOc1ccc(-c2cnc(-c3ccc(C[C@H](NC(=O)OCc4ccccc4)C(=O)O)cc3)nc2)cc1.COC(=O)C1CN(C(O)[C@H](Cc2ccc(-c3ncc(-c4ccc(OCCCC(C)C)cc4)cn3)cc2)NC(=O)OCc2ccccc2)C1. The number of aliphatic hydroxyl groups is 1. The summed E-state index contributed by atoms with van der Waals surface area (Å²) in [6, 6.07) is 47.6. The van der Waals surface area contributed by atoms with Gasteiger partial charge in [0.25, 0.3) is 0 Å². The Labute approximate surface area is 520 Å². The van der Waals surface area contributed by atoms with Crippen molar-refractivity contribution >= 4 is 24.1 Å². The molecule has 1 saturated heterocycles. The fourth-order valence-corrected chi connectivity index (χ4v) is 9.73. The molecule has 2 aromatic heterocycles. The summed E-state index contributed by atoms with van der Waals surface area (Å²) in [5.74, 6) is 2.43. The van der Waals surface area contributed by atoms with Crippen LogP contribution in [-0.2, 0) is 49.9 Å². The number of esters is 1. The minimum absolute atomic E-state index is 0.0603. The van der Waals surface area contributed by atoms with Gasteiger partial charge in [-0.05, 0) is 102 Å². The molecule has 0 bridgehead atoms. The van der Waals surface area contributed by atoms with Gasteiger partial charge in [-0.25, -0.2) is 34.3 Å². The van der Waals surface area contributed by atoms with Crippen LogP contribution in [0.25, 0.3) is 45.0 Å². The molecule has 1 fully saturated rings. The normalized spacial score (nSPS) is 13.2. The number of carboxylic acids is 1. The third kappa shape index (κ3) is 20.8. The highest BCUT2D eigenvalue weighted by Gasteiger charge is 2.40. The van der Waals surface area contributed by atoms with Crippen molar-refractivity contribution in [2.45, 2.75) is 97.7 Å². The molecule has 6 aromatic carbocycles. The summed E-state index contributed by atoms with van der Waals surface area (Å²) in [4.78, 5) is 68.5. The minimum Gasteiger partial charge on any atom is -0.494 e. The largest absolute Gasteiger partial charge is 0.494 e. The van der Waals surface area contributed by atoms with E-state index < -0.39 is 36.5 Å². The Balaban J connectivity index is 0.000000233. The van der Waals surface area contributed by atoms with Crippen LogP contribution in [0.4, 0.5) is 9.59 Å². The van der Waals surface area contributed by atoms with Crippen molar-refractivity contribution in [2.75, 3.05) is 33.4 Å². The van der Waals surface area contributed by atoms with E-state index in [2.05, 4.69) is 58.3 Å². The van der Waals surface area contributed by atoms with Crippen molar-refractivity contribution in [2.24, 2.45) is 17.8 Å². The van der Waals surface area contributed by atoms with Crippen molar-refractivity contribution < 1.29 is 53.1 Å². The molecule has 0 saturated carbocycles. The highest BCUT2D eigenvalue weighted by Crippen LogP contribution is 2.27. The zero-order chi connectivity index (χ0) is 62.9. The van der Waals surface area contributed by atoms with Crippen molar-refractivity contribution in [3.8, 4) is 56.5 Å². The maximum Gasteiger partial charge on any atom is 0.408 e. The van der Waals surface area contributed by atoms with Crippen LogP contribution in [-0.4, -0.2) is 111 Å². The van der Waals surface area contributed by atoms with Crippen LogP contribution in [0.3, 0.4) is 0 Å². The van der Waals surface area contributed by atoms with Gasteiger partial charge in [0, 0.05) is 66.6 Å². The molecule has 3 heterocycles. The molecule has 8 aromatic rings. The average Bonchev–Trinajstić information content (AvgIpc) is 3.72. The number of aliphatic carboxylic acids is 1. The first-order valence-corrected chi connectivity index (χ1v) is 30.1. The second-order valence-corrected chi connectivity index (χ2v) is 22.7. The number of likely N-dealkylation sites (tertiary alicyclic amines) is 1. The van der Waals surface area contributed by atoms with Gasteiger partial charge in [-0.3, -0.25) is 9.69 Å². The predicted octanol–water partition coefficient (Wildman–Crippen LogP) is 12.4. The van der Waals surface area contributed by atoms with Gasteiger partial charge in [-0.1, -0.05) is 161 Å². The van der Waals surface area contributed by atoms with Gasteiger partial charge in [-0.2, -0.15) is 0 Å². The molecule has 18 nitrogen and oxygen atoms in total.